The van der Waals surface area contributed by atoms with Gasteiger partial charge in [-0.2, -0.15) is 0 Å². The van der Waals surface area contributed by atoms with Crippen LogP contribution in [0.2, 0.25) is 0 Å². The van der Waals surface area contributed by atoms with Crippen molar-refractivity contribution in [2.45, 2.75) is 13.8 Å². The van der Waals surface area contributed by atoms with Gasteiger partial charge >= 0.3 is 0 Å². The highest BCUT2D eigenvalue weighted by Crippen LogP contribution is 2.03. The third kappa shape index (κ3) is 1.31. The minimum Gasteiger partial charge on any atom is -0.335 e. The maximum absolute atomic E-state index is 4.09. The Kier molecular flexibility index (Phi) is 1.88. The molecule has 0 spiro atoms. The molecule has 0 radical (unpaired) electrons. The summed E-state index contributed by atoms with van der Waals surface area (Å²) in [6, 6.07) is 0. The molecule has 0 atom stereocenters. The smallest absolute Gasteiger partial charge is 0.0892 e. The Morgan fingerprint density at radius 3 is 3.00 bits per heavy atom. The molecule has 0 aliphatic carbocycles. The van der Waals surface area contributed by atoms with Crippen LogP contribution in [0.1, 0.15) is 13.8 Å². The maximum atomic E-state index is 4.09. The summed E-state index contributed by atoms with van der Waals surface area (Å²) in [5, 5.41) is 0. The van der Waals surface area contributed by atoms with Crippen LogP contribution in [0, 0.1) is 0 Å². The van der Waals surface area contributed by atoms with E-state index >= 15 is 0 Å². The maximum Gasteiger partial charge on any atom is 0.0892 e. The predicted octanol–water partition coefficient (Wildman–Crippen LogP) is 1.25. The number of hydrogen-bond donors (Lipinski definition) is 0. The number of allylic oxidation sites excluding steroid dienone is 2. The van der Waals surface area contributed by atoms with Gasteiger partial charge in [-0.1, -0.05) is 6.08 Å². The van der Waals surface area contributed by atoms with Gasteiger partial charge in [0.15, 0.2) is 0 Å². The molecule has 2 nitrogen and oxygen atoms in total. The Balaban J connectivity index is 2.53. The van der Waals surface area contributed by atoms with Crippen molar-refractivity contribution in [2.75, 3.05) is 13.1 Å². The van der Waals surface area contributed by atoms with Crippen LogP contribution >= 0.6 is 0 Å². The summed E-state index contributed by atoms with van der Waals surface area (Å²) in [6.45, 7) is 6.14. The SMILES string of the molecule is C/C=C(/C)N1C=NCC1. The zero-order valence-electron chi connectivity index (χ0n) is 5.96. The Morgan fingerprint density at radius 1 is 1.78 bits per heavy atom. The van der Waals surface area contributed by atoms with Crippen molar-refractivity contribution in [2.24, 2.45) is 4.99 Å². The minimum absolute atomic E-state index is 0.950. The van der Waals surface area contributed by atoms with Crippen LogP contribution in [0.3, 0.4) is 0 Å². The van der Waals surface area contributed by atoms with Crippen molar-refractivity contribution < 1.29 is 0 Å². The van der Waals surface area contributed by atoms with Gasteiger partial charge in [0.05, 0.1) is 12.9 Å². The fraction of sp³-hybridized carbons (Fsp3) is 0.571. The molecule has 0 aromatic rings. The van der Waals surface area contributed by atoms with E-state index in [0.29, 0.717) is 0 Å². The lowest BCUT2D eigenvalue weighted by atomic mass is 10.4. The first-order valence-electron chi connectivity index (χ1n) is 3.24. The molecule has 1 rings (SSSR count). The normalized spacial score (nSPS) is 19.3. The predicted molar refractivity (Wildman–Crippen MR) is 39.5 cm³/mol. The lowest BCUT2D eigenvalue weighted by Gasteiger charge is -2.12. The molecule has 1 aliphatic heterocycles. The summed E-state index contributed by atoms with van der Waals surface area (Å²) in [5.41, 5.74) is 1.29. The molecule has 0 unspecified atom stereocenters. The fourth-order valence-corrected chi connectivity index (χ4v) is 0.813. The van der Waals surface area contributed by atoms with Gasteiger partial charge in [0, 0.05) is 12.2 Å². The molecular weight excluding hydrogens is 112 g/mol. The van der Waals surface area contributed by atoms with Crippen molar-refractivity contribution in [3.8, 4) is 0 Å². The molecule has 2 heteroatoms. The van der Waals surface area contributed by atoms with Crippen LogP contribution in [-0.4, -0.2) is 24.3 Å². The molecule has 0 fully saturated rings. The van der Waals surface area contributed by atoms with E-state index in [0.717, 1.165) is 13.1 Å². The number of nitrogens with zero attached hydrogens (tertiary/aromatic N) is 2. The van der Waals surface area contributed by atoms with Gasteiger partial charge in [-0.3, -0.25) is 4.99 Å². The molecule has 0 bridgehead atoms. The van der Waals surface area contributed by atoms with Crippen LogP contribution in [-0.2, 0) is 0 Å². The van der Waals surface area contributed by atoms with Gasteiger partial charge in [0.2, 0.25) is 0 Å². The van der Waals surface area contributed by atoms with Gasteiger partial charge in [-0.15, -0.1) is 0 Å². The van der Waals surface area contributed by atoms with Crippen molar-refractivity contribution in [3.63, 3.8) is 0 Å². The molecule has 1 heterocycles. The Morgan fingerprint density at radius 2 is 2.56 bits per heavy atom. The van der Waals surface area contributed by atoms with Crippen LogP contribution in [0.15, 0.2) is 16.8 Å². The lowest BCUT2D eigenvalue weighted by molar-refractivity contribution is 0.573. The van der Waals surface area contributed by atoms with Crippen molar-refractivity contribution in [3.05, 3.63) is 11.8 Å². The Hall–Kier alpha value is -0.790. The first kappa shape index (κ1) is 6.33. The van der Waals surface area contributed by atoms with Crippen molar-refractivity contribution in [1.29, 1.82) is 0 Å². The molecule has 50 valence electrons. The second kappa shape index (κ2) is 2.67. The van der Waals surface area contributed by atoms with E-state index in [1.54, 1.807) is 0 Å². The monoisotopic (exact) mass is 124 g/mol. The van der Waals surface area contributed by atoms with Gasteiger partial charge in [0.1, 0.15) is 0 Å². The second-order valence-corrected chi connectivity index (χ2v) is 2.15. The van der Waals surface area contributed by atoms with Gasteiger partial charge in [-0.25, -0.2) is 0 Å². The Labute approximate surface area is 55.9 Å². The van der Waals surface area contributed by atoms with Crippen molar-refractivity contribution in [1.82, 2.24) is 4.90 Å². The minimum atomic E-state index is 0.950. The highest BCUT2D eigenvalue weighted by atomic mass is 15.2. The lowest BCUT2D eigenvalue weighted by Crippen LogP contribution is -2.16. The first-order chi connectivity index (χ1) is 4.34. The summed E-state index contributed by atoms with van der Waals surface area (Å²) < 4.78 is 0. The molecule has 9 heavy (non-hydrogen) atoms. The van der Waals surface area contributed by atoms with E-state index in [1.807, 2.05) is 13.3 Å². The highest BCUT2D eigenvalue weighted by molar-refractivity contribution is 5.59. The van der Waals surface area contributed by atoms with Crippen LogP contribution < -0.4 is 0 Å². The average Bonchev–Trinajstić information content (AvgIpc) is 2.37. The second-order valence-electron chi connectivity index (χ2n) is 2.15. The third-order valence-electron chi connectivity index (χ3n) is 1.56. The molecular formula is C7H12N2. The fourth-order valence-electron chi connectivity index (χ4n) is 0.813. The number of hydrogen-bond acceptors (Lipinski definition) is 2. The molecule has 0 saturated heterocycles. The Bertz CT molecular complexity index is 147. The molecule has 0 amide bonds. The largest absolute Gasteiger partial charge is 0.335 e. The van der Waals surface area contributed by atoms with E-state index in [9.17, 15) is 0 Å². The summed E-state index contributed by atoms with van der Waals surface area (Å²) in [4.78, 5) is 6.25. The summed E-state index contributed by atoms with van der Waals surface area (Å²) in [7, 11) is 0. The molecule has 0 saturated carbocycles. The molecule has 0 N–H and O–H groups in total. The summed E-state index contributed by atoms with van der Waals surface area (Å²) >= 11 is 0. The van der Waals surface area contributed by atoms with Crippen LogP contribution in [0.25, 0.3) is 0 Å². The standard InChI is InChI=1S/C7H12N2/c1-3-7(2)9-5-4-8-6-9/h3,6H,4-5H2,1-2H3/b7-3-. The average molecular weight is 124 g/mol. The molecule has 1 aliphatic rings. The van der Waals surface area contributed by atoms with Crippen LogP contribution in [0.5, 0.6) is 0 Å². The summed E-state index contributed by atoms with van der Waals surface area (Å²) in [5.74, 6) is 0. The number of rotatable bonds is 1. The van der Waals surface area contributed by atoms with Gasteiger partial charge in [0.25, 0.3) is 0 Å². The third-order valence-corrected chi connectivity index (χ3v) is 1.56. The van der Waals surface area contributed by atoms with E-state index in [1.165, 1.54) is 5.70 Å². The van der Waals surface area contributed by atoms with Crippen LogP contribution in [0.4, 0.5) is 0 Å². The number of aliphatic imine (C=N–C) groups is 1. The quantitative estimate of drug-likeness (QED) is 0.513. The summed E-state index contributed by atoms with van der Waals surface area (Å²) in [6.07, 6.45) is 3.99. The molecule has 0 aromatic heterocycles. The van der Waals surface area contributed by atoms with E-state index in [4.69, 9.17) is 0 Å². The zero-order chi connectivity index (χ0) is 6.69. The topological polar surface area (TPSA) is 15.6 Å². The molecule has 0 aromatic carbocycles. The van der Waals surface area contributed by atoms with E-state index in [-0.39, 0.29) is 0 Å². The first-order valence-corrected chi connectivity index (χ1v) is 3.24. The highest BCUT2D eigenvalue weighted by Gasteiger charge is 2.04. The van der Waals surface area contributed by atoms with Gasteiger partial charge < -0.3 is 4.90 Å². The van der Waals surface area contributed by atoms with Gasteiger partial charge in [-0.05, 0) is 13.8 Å². The zero-order valence-corrected chi connectivity index (χ0v) is 5.96. The van der Waals surface area contributed by atoms with E-state index < -0.39 is 0 Å². The van der Waals surface area contributed by atoms with Crippen molar-refractivity contribution >= 4 is 6.34 Å². The van der Waals surface area contributed by atoms with E-state index in [2.05, 4.69) is 22.9 Å².